The Bertz CT molecular complexity index is 439. The first-order valence-corrected chi connectivity index (χ1v) is 6.55. The highest BCUT2D eigenvalue weighted by molar-refractivity contribution is 5.88. The number of nitrogens with zero attached hydrogens (tertiary/aromatic N) is 1. The van der Waals surface area contributed by atoms with Crippen molar-refractivity contribution in [3.8, 4) is 0 Å². The second-order valence-corrected chi connectivity index (χ2v) is 4.58. The molecule has 2 atom stereocenters. The molecule has 1 amide bonds. The lowest BCUT2D eigenvalue weighted by atomic mass is 10.0. The maximum atomic E-state index is 12.2. The summed E-state index contributed by atoms with van der Waals surface area (Å²) < 4.78 is 0. The van der Waals surface area contributed by atoms with Crippen LogP contribution < -0.4 is 0 Å². The molecule has 102 valence electrons. The molecule has 0 saturated heterocycles. The summed E-state index contributed by atoms with van der Waals surface area (Å²) >= 11 is 0. The van der Waals surface area contributed by atoms with E-state index in [9.17, 15) is 9.59 Å². The van der Waals surface area contributed by atoms with Crippen LogP contribution >= 0.6 is 0 Å². The van der Waals surface area contributed by atoms with E-state index in [0.717, 1.165) is 11.8 Å². The lowest BCUT2D eigenvalue weighted by molar-refractivity contribution is -0.130. The summed E-state index contributed by atoms with van der Waals surface area (Å²) in [6.07, 6.45) is 4.47. The first kappa shape index (κ1) is 15.2. The molecule has 0 radical (unpaired) electrons. The van der Waals surface area contributed by atoms with E-state index in [1.807, 2.05) is 51.1 Å². The molecule has 0 spiro atoms. The minimum Gasteiger partial charge on any atom is -0.329 e. The van der Waals surface area contributed by atoms with Gasteiger partial charge in [0.15, 0.2) is 0 Å². The molecule has 1 aromatic rings. The maximum Gasteiger partial charge on any atom is 0.246 e. The molecule has 0 bridgehead atoms. The van der Waals surface area contributed by atoms with Crippen molar-refractivity contribution >= 4 is 12.2 Å². The molecule has 0 aliphatic heterocycles. The molecule has 0 fully saturated rings. The zero-order chi connectivity index (χ0) is 14.3. The van der Waals surface area contributed by atoms with Gasteiger partial charge in [-0.15, -0.1) is 0 Å². The largest absolute Gasteiger partial charge is 0.329 e. The predicted octanol–water partition coefficient (Wildman–Crippen LogP) is 3.13. The van der Waals surface area contributed by atoms with Crippen LogP contribution in [0.15, 0.2) is 42.5 Å². The lowest BCUT2D eigenvalue weighted by Gasteiger charge is -2.33. The summed E-state index contributed by atoms with van der Waals surface area (Å²) in [5, 5.41) is 0. The molecular weight excluding hydrogens is 238 g/mol. The summed E-state index contributed by atoms with van der Waals surface area (Å²) in [4.78, 5) is 24.7. The molecule has 3 heteroatoms. The van der Waals surface area contributed by atoms with Crippen molar-refractivity contribution in [2.75, 3.05) is 0 Å². The van der Waals surface area contributed by atoms with Gasteiger partial charge in [0.1, 0.15) is 6.29 Å². The van der Waals surface area contributed by atoms with Crippen molar-refractivity contribution in [3.05, 3.63) is 48.0 Å². The van der Waals surface area contributed by atoms with E-state index in [0.29, 0.717) is 6.42 Å². The van der Waals surface area contributed by atoms with E-state index in [1.165, 1.54) is 0 Å². The fourth-order valence-electron chi connectivity index (χ4n) is 2.16. The van der Waals surface area contributed by atoms with Crippen molar-refractivity contribution in [2.45, 2.75) is 39.3 Å². The van der Waals surface area contributed by atoms with Crippen LogP contribution in [0.3, 0.4) is 0 Å². The SMILES string of the molecule is C/C=C/C(=O)N([C@@H](C)CC=O)[C@@H](C)c1ccccc1. The Kier molecular flexibility index (Phi) is 6.00. The van der Waals surface area contributed by atoms with E-state index >= 15 is 0 Å². The zero-order valence-corrected chi connectivity index (χ0v) is 11.7. The smallest absolute Gasteiger partial charge is 0.246 e. The van der Waals surface area contributed by atoms with Crippen molar-refractivity contribution in [3.63, 3.8) is 0 Å². The fraction of sp³-hybridized carbons (Fsp3) is 0.375. The molecule has 19 heavy (non-hydrogen) atoms. The molecule has 0 aromatic heterocycles. The number of carbonyl (C=O) groups excluding carboxylic acids is 2. The van der Waals surface area contributed by atoms with Crippen LogP contribution in [0.25, 0.3) is 0 Å². The first-order chi connectivity index (χ1) is 9.11. The minimum atomic E-state index is -0.114. The average molecular weight is 259 g/mol. The van der Waals surface area contributed by atoms with Gasteiger partial charge in [0.2, 0.25) is 5.91 Å². The number of benzene rings is 1. The van der Waals surface area contributed by atoms with Crippen molar-refractivity contribution in [1.82, 2.24) is 4.90 Å². The Balaban J connectivity index is 3.02. The average Bonchev–Trinajstić information content (AvgIpc) is 2.40. The Morgan fingerprint density at radius 2 is 1.89 bits per heavy atom. The highest BCUT2D eigenvalue weighted by Gasteiger charge is 2.24. The first-order valence-electron chi connectivity index (χ1n) is 6.55. The van der Waals surface area contributed by atoms with E-state index in [-0.39, 0.29) is 18.0 Å². The maximum absolute atomic E-state index is 12.2. The highest BCUT2D eigenvalue weighted by Crippen LogP contribution is 2.23. The van der Waals surface area contributed by atoms with Crippen molar-refractivity contribution < 1.29 is 9.59 Å². The lowest BCUT2D eigenvalue weighted by Crippen LogP contribution is -2.39. The van der Waals surface area contributed by atoms with Gasteiger partial charge in [-0.1, -0.05) is 36.4 Å². The Labute approximate surface area is 114 Å². The van der Waals surface area contributed by atoms with Crippen LogP contribution in [0.2, 0.25) is 0 Å². The van der Waals surface area contributed by atoms with E-state index in [2.05, 4.69) is 0 Å². The summed E-state index contributed by atoms with van der Waals surface area (Å²) in [7, 11) is 0. The van der Waals surface area contributed by atoms with Gasteiger partial charge in [-0.2, -0.15) is 0 Å². The van der Waals surface area contributed by atoms with Crippen LogP contribution in [0.5, 0.6) is 0 Å². The number of rotatable bonds is 6. The summed E-state index contributed by atoms with van der Waals surface area (Å²) in [6.45, 7) is 5.70. The molecule has 1 aromatic carbocycles. The van der Waals surface area contributed by atoms with Gasteiger partial charge in [0.05, 0.1) is 6.04 Å². The highest BCUT2D eigenvalue weighted by atomic mass is 16.2. The summed E-state index contributed by atoms with van der Waals surface area (Å²) in [6, 6.07) is 9.67. The minimum absolute atomic E-state index is 0.0557. The van der Waals surface area contributed by atoms with Gasteiger partial charge in [-0.3, -0.25) is 4.79 Å². The second kappa shape index (κ2) is 7.52. The van der Waals surface area contributed by atoms with Crippen LogP contribution in [0, 0.1) is 0 Å². The summed E-state index contributed by atoms with van der Waals surface area (Å²) in [5.41, 5.74) is 1.07. The number of hydrogen-bond acceptors (Lipinski definition) is 2. The van der Waals surface area contributed by atoms with E-state index < -0.39 is 0 Å². The molecule has 0 unspecified atom stereocenters. The Morgan fingerprint density at radius 3 is 2.42 bits per heavy atom. The number of amides is 1. The molecule has 0 aliphatic carbocycles. The van der Waals surface area contributed by atoms with Crippen LogP contribution in [0.1, 0.15) is 38.8 Å². The zero-order valence-electron chi connectivity index (χ0n) is 11.7. The van der Waals surface area contributed by atoms with E-state index in [4.69, 9.17) is 0 Å². The molecule has 0 saturated carbocycles. The Hall–Kier alpha value is -1.90. The van der Waals surface area contributed by atoms with Crippen LogP contribution in [-0.2, 0) is 9.59 Å². The molecule has 3 nitrogen and oxygen atoms in total. The third kappa shape index (κ3) is 4.05. The molecular formula is C16H21NO2. The van der Waals surface area contributed by atoms with Gasteiger partial charge < -0.3 is 9.69 Å². The monoisotopic (exact) mass is 259 g/mol. The topological polar surface area (TPSA) is 37.4 Å². The standard InChI is InChI=1S/C16H21NO2/c1-4-8-16(19)17(13(2)11-12-18)14(3)15-9-6-5-7-10-15/h4-10,12-14H,11H2,1-3H3/b8-4+/t13-,14-/m0/s1. The number of allylic oxidation sites excluding steroid dienone is 1. The van der Waals surface area contributed by atoms with Crippen LogP contribution in [-0.4, -0.2) is 23.1 Å². The van der Waals surface area contributed by atoms with Gasteiger partial charge in [-0.05, 0) is 32.4 Å². The molecule has 0 N–H and O–H groups in total. The normalized spacial score (nSPS) is 14.1. The molecule has 0 heterocycles. The van der Waals surface area contributed by atoms with E-state index in [1.54, 1.807) is 17.1 Å². The van der Waals surface area contributed by atoms with Crippen molar-refractivity contribution in [2.24, 2.45) is 0 Å². The van der Waals surface area contributed by atoms with Crippen molar-refractivity contribution in [1.29, 1.82) is 0 Å². The van der Waals surface area contributed by atoms with Gasteiger partial charge in [0.25, 0.3) is 0 Å². The molecule has 1 rings (SSSR count). The molecule has 0 aliphatic rings. The van der Waals surface area contributed by atoms with Gasteiger partial charge in [-0.25, -0.2) is 0 Å². The number of hydrogen-bond donors (Lipinski definition) is 0. The third-order valence-electron chi connectivity index (χ3n) is 3.18. The van der Waals surface area contributed by atoms with Crippen LogP contribution in [0.4, 0.5) is 0 Å². The van der Waals surface area contributed by atoms with Gasteiger partial charge >= 0.3 is 0 Å². The quantitative estimate of drug-likeness (QED) is 0.581. The third-order valence-corrected chi connectivity index (χ3v) is 3.18. The Morgan fingerprint density at radius 1 is 1.26 bits per heavy atom. The second-order valence-electron chi connectivity index (χ2n) is 4.58. The fourth-order valence-corrected chi connectivity index (χ4v) is 2.16. The van der Waals surface area contributed by atoms with Gasteiger partial charge in [0, 0.05) is 12.5 Å². The number of aldehydes is 1. The number of carbonyl (C=O) groups is 2. The predicted molar refractivity (Wildman–Crippen MR) is 76.7 cm³/mol. The summed E-state index contributed by atoms with van der Waals surface area (Å²) in [5.74, 6) is -0.0618.